The van der Waals surface area contributed by atoms with E-state index >= 15 is 0 Å². The van der Waals surface area contributed by atoms with Gasteiger partial charge in [0.05, 0.1) is 17.0 Å². The van der Waals surface area contributed by atoms with Gasteiger partial charge in [0.2, 0.25) is 15.9 Å². The van der Waals surface area contributed by atoms with Crippen LogP contribution >= 0.6 is 11.3 Å². The zero-order valence-corrected chi connectivity index (χ0v) is 16.8. The molecule has 2 aromatic carbocycles. The minimum absolute atomic E-state index is 0.00523. The molecule has 150 valence electrons. The maximum atomic E-state index is 12.3. The molecule has 3 N–H and O–H groups in total. The Morgan fingerprint density at radius 1 is 1.10 bits per heavy atom. The van der Waals surface area contributed by atoms with Crippen LogP contribution in [-0.4, -0.2) is 32.5 Å². The molecule has 0 unspecified atom stereocenters. The second kappa shape index (κ2) is 7.82. The Morgan fingerprint density at radius 3 is 2.55 bits per heavy atom. The first-order valence-corrected chi connectivity index (χ1v) is 11.1. The fourth-order valence-corrected chi connectivity index (χ4v) is 4.06. The summed E-state index contributed by atoms with van der Waals surface area (Å²) in [6, 6.07) is 11.5. The minimum atomic E-state index is -3.75. The summed E-state index contributed by atoms with van der Waals surface area (Å²) in [6.07, 6.45) is 0.0871. The molecule has 1 aliphatic rings. The van der Waals surface area contributed by atoms with E-state index in [9.17, 15) is 13.2 Å². The van der Waals surface area contributed by atoms with Gasteiger partial charge in [0.25, 0.3) is 0 Å². The molecule has 0 fully saturated rings. The third kappa shape index (κ3) is 4.56. The van der Waals surface area contributed by atoms with Gasteiger partial charge in [-0.2, -0.15) is 0 Å². The van der Waals surface area contributed by atoms with E-state index < -0.39 is 10.0 Å². The number of nitrogens with one attached hydrogen (secondary N) is 1. The van der Waals surface area contributed by atoms with Crippen molar-refractivity contribution in [1.29, 1.82) is 0 Å². The van der Waals surface area contributed by atoms with Crippen LogP contribution in [0.4, 0.5) is 5.13 Å². The molecule has 0 spiro atoms. The van der Waals surface area contributed by atoms with Gasteiger partial charge < -0.3 is 14.8 Å². The number of aromatic nitrogens is 1. The second-order valence-corrected chi connectivity index (χ2v) is 8.73. The van der Waals surface area contributed by atoms with Crippen molar-refractivity contribution in [2.75, 3.05) is 18.5 Å². The number of carbonyl (C=O) groups excluding carboxylic acids is 1. The van der Waals surface area contributed by atoms with Gasteiger partial charge in [-0.05, 0) is 35.9 Å². The largest absolute Gasteiger partial charge is 0.486 e. The Labute approximate surface area is 171 Å². The molecule has 0 saturated carbocycles. The Bertz CT molecular complexity index is 1160. The predicted octanol–water partition coefficient (Wildman–Crippen LogP) is 2.41. The maximum Gasteiger partial charge on any atom is 0.238 e. The van der Waals surface area contributed by atoms with Crippen LogP contribution < -0.4 is 19.9 Å². The van der Waals surface area contributed by atoms with Gasteiger partial charge in [-0.3, -0.25) is 4.79 Å². The Kier molecular flexibility index (Phi) is 5.22. The fourth-order valence-electron chi connectivity index (χ4n) is 2.81. The number of sulfonamides is 1. The molecule has 29 heavy (non-hydrogen) atoms. The van der Waals surface area contributed by atoms with Crippen molar-refractivity contribution in [3.63, 3.8) is 0 Å². The third-order valence-corrected chi connectivity index (χ3v) is 5.89. The topological polar surface area (TPSA) is 121 Å². The van der Waals surface area contributed by atoms with Gasteiger partial charge in [-0.25, -0.2) is 18.5 Å². The zero-order valence-electron chi connectivity index (χ0n) is 15.1. The van der Waals surface area contributed by atoms with Gasteiger partial charge in [-0.15, -0.1) is 11.3 Å². The summed E-state index contributed by atoms with van der Waals surface area (Å²) in [4.78, 5) is 16.7. The van der Waals surface area contributed by atoms with Crippen LogP contribution in [0, 0.1) is 0 Å². The summed E-state index contributed by atoms with van der Waals surface area (Å²) in [6.45, 7) is 1.04. The first-order chi connectivity index (χ1) is 13.9. The Morgan fingerprint density at radius 2 is 1.83 bits per heavy atom. The van der Waals surface area contributed by atoms with Gasteiger partial charge >= 0.3 is 0 Å². The molecule has 0 radical (unpaired) electrons. The number of thiazole rings is 1. The summed E-state index contributed by atoms with van der Waals surface area (Å²) < 4.78 is 33.7. The zero-order chi connectivity index (χ0) is 20.4. The highest BCUT2D eigenvalue weighted by Crippen LogP contribution is 2.35. The summed E-state index contributed by atoms with van der Waals surface area (Å²) in [5, 5.41) is 10.1. The van der Waals surface area contributed by atoms with Gasteiger partial charge in [0.15, 0.2) is 16.6 Å². The van der Waals surface area contributed by atoms with Gasteiger partial charge in [0, 0.05) is 10.9 Å². The number of nitrogens with two attached hydrogens (primary N) is 1. The van der Waals surface area contributed by atoms with E-state index in [-0.39, 0.29) is 17.2 Å². The number of nitrogens with zero attached hydrogens (tertiary/aromatic N) is 1. The summed E-state index contributed by atoms with van der Waals surface area (Å²) in [7, 11) is -3.75. The molecule has 0 atom stereocenters. The monoisotopic (exact) mass is 431 g/mol. The molecule has 8 nitrogen and oxygen atoms in total. The highest BCUT2D eigenvalue weighted by molar-refractivity contribution is 7.89. The normalized spacial score (nSPS) is 13.1. The van der Waals surface area contributed by atoms with Crippen LogP contribution in [0.1, 0.15) is 5.56 Å². The third-order valence-electron chi connectivity index (χ3n) is 4.21. The van der Waals surface area contributed by atoms with Crippen LogP contribution in [0.3, 0.4) is 0 Å². The van der Waals surface area contributed by atoms with Crippen LogP contribution in [0.2, 0.25) is 0 Å². The van der Waals surface area contributed by atoms with Crippen molar-refractivity contribution in [3.05, 3.63) is 53.4 Å². The van der Waals surface area contributed by atoms with Crippen molar-refractivity contribution in [3.8, 4) is 22.8 Å². The lowest BCUT2D eigenvalue weighted by Gasteiger charge is -2.18. The molecule has 1 aliphatic heterocycles. The first kappa shape index (κ1) is 19.4. The number of anilines is 1. The molecule has 1 aromatic heterocycles. The van der Waals surface area contributed by atoms with E-state index in [0.29, 0.717) is 35.4 Å². The van der Waals surface area contributed by atoms with Crippen LogP contribution in [0.5, 0.6) is 11.5 Å². The number of ether oxygens (including phenoxy) is 2. The standard InChI is InChI=1S/C19H17N3O5S2/c20-29(24,25)14-4-1-12(2-5-14)9-18(23)22-19-21-15(11-28-19)13-3-6-16-17(10-13)27-8-7-26-16/h1-6,10-11H,7-9H2,(H2,20,24,25)(H,21,22,23). The average Bonchev–Trinajstić information content (AvgIpc) is 3.15. The van der Waals surface area contributed by atoms with Gasteiger partial charge in [0.1, 0.15) is 13.2 Å². The molecule has 0 aliphatic carbocycles. The number of primary sulfonamides is 1. The summed E-state index contributed by atoms with van der Waals surface area (Å²) >= 11 is 1.32. The van der Waals surface area contributed by atoms with Crippen molar-refractivity contribution in [2.45, 2.75) is 11.3 Å². The highest BCUT2D eigenvalue weighted by atomic mass is 32.2. The van der Waals surface area contributed by atoms with Crippen molar-refractivity contribution in [2.24, 2.45) is 5.14 Å². The molecule has 1 amide bonds. The molecule has 0 bridgehead atoms. The lowest BCUT2D eigenvalue weighted by atomic mass is 10.1. The summed E-state index contributed by atoms with van der Waals surface area (Å²) in [5.74, 6) is 1.13. The maximum absolute atomic E-state index is 12.3. The van der Waals surface area contributed by atoms with Crippen molar-refractivity contribution < 1.29 is 22.7 Å². The Balaban J connectivity index is 1.42. The lowest BCUT2D eigenvalue weighted by Crippen LogP contribution is -2.15. The number of hydrogen-bond acceptors (Lipinski definition) is 7. The molecule has 4 rings (SSSR count). The lowest BCUT2D eigenvalue weighted by molar-refractivity contribution is -0.115. The fraction of sp³-hybridized carbons (Fsp3) is 0.158. The first-order valence-electron chi connectivity index (χ1n) is 8.66. The second-order valence-electron chi connectivity index (χ2n) is 6.31. The summed E-state index contributed by atoms with van der Waals surface area (Å²) in [5.41, 5.74) is 2.25. The van der Waals surface area contributed by atoms with Gasteiger partial charge in [-0.1, -0.05) is 12.1 Å². The Hall–Kier alpha value is -2.95. The molecule has 3 aromatic rings. The predicted molar refractivity (Wildman–Crippen MR) is 109 cm³/mol. The van der Waals surface area contributed by atoms with E-state index in [1.807, 2.05) is 23.6 Å². The van der Waals surface area contributed by atoms with E-state index in [1.54, 1.807) is 12.1 Å². The number of hydrogen-bond donors (Lipinski definition) is 2. The number of fused-ring (bicyclic) bond motifs is 1. The van der Waals surface area contributed by atoms with E-state index in [2.05, 4.69) is 10.3 Å². The number of carbonyl (C=O) groups is 1. The van der Waals surface area contributed by atoms with E-state index in [0.717, 1.165) is 11.3 Å². The average molecular weight is 431 g/mol. The van der Waals surface area contributed by atoms with Crippen LogP contribution in [0.15, 0.2) is 52.7 Å². The number of amides is 1. The van der Waals surface area contributed by atoms with Crippen molar-refractivity contribution in [1.82, 2.24) is 4.98 Å². The quantitative estimate of drug-likeness (QED) is 0.640. The molecule has 0 saturated heterocycles. The van der Waals surface area contributed by atoms with Crippen LogP contribution in [0.25, 0.3) is 11.3 Å². The van der Waals surface area contributed by atoms with E-state index in [4.69, 9.17) is 14.6 Å². The minimum Gasteiger partial charge on any atom is -0.486 e. The number of benzene rings is 2. The van der Waals surface area contributed by atoms with E-state index in [1.165, 1.54) is 23.5 Å². The molecule has 2 heterocycles. The van der Waals surface area contributed by atoms with Crippen LogP contribution in [-0.2, 0) is 21.2 Å². The SMILES string of the molecule is NS(=O)(=O)c1ccc(CC(=O)Nc2nc(-c3ccc4c(c3)OCCO4)cs2)cc1. The molecular formula is C19H17N3O5S2. The van der Waals surface area contributed by atoms with Crippen molar-refractivity contribution >= 4 is 32.4 Å². The molecular weight excluding hydrogens is 414 g/mol. The smallest absolute Gasteiger partial charge is 0.238 e. The highest BCUT2D eigenvalue weighted by Gasteiger charge is 2.15. The number of rotatable bonds is 5. The molecule has 10 heteroatoms.